The summed E-state index contributed by atoms with van der Waals surface area (Å²) in [6.45, 7) is 7.51. The smallest absolute Gasteiger partial charge is 0.216 e. The number of carbonyl (C=O) groups is 1. The van der Waals surface area contributed by atoms with Gasteiger partial charge in [-0.2, -0.15) is 0 Å². The maximum absolute atomic E-state index is 11.1. The lowest BCUT2D eigenvalue weighted by molar-refractivity contribution is -0.119. The predicted molar refractivity (Wildman–Crippen MR) is 88.7 cm³/mol. The molecule has 0 bridgehead atoms. The van der Waals surface area contributed by atoms with E-state index in [-0.39, 0.29) is 5.91 Å². The maximum atomic E-state index is 11.1. The first kappa shape index (κ1) is 16.0. The average molecular weight is 319 g/mol. The van der Waals surface area contributed by atoms with E-state index in [0.717, 1.165) is 70.4 Å². The Morgan fingerprint density at radius 2 is 2.00 bits per heavy atom. The molecule has 126 valence electrons. The fourth-order valence-electron chi connectivity index (χ4n) is 3.20. The van der Waals surface area contributed by atoms with Crippen LogP contribution in [0.3, 0.4) is 0 Å². The second-order valence-electron chi connectivity index (χ2n) is 6.23. The number of hydrogen-bond donors (Lipinski definition) is 1. The number of anilines is 2. The zero-order valence-electron chi connectivity index (χ0n) is 13.7. The van der Waals surface area contributed by atoms with Crippen LogP contribution in [0.25, 0.3) is 0 Å². The molecule has 7 nitrogen and oxygen atoms in total. The molecule has 1 aromatic rings. The normalized spacial score (nSPS) is 22.0. The van der Waals surface area contributed by atoms with Crippen LogP contribution in [0, 0.1) is 5.92 Å². The molecule has 0 radical (unpaired) electrons. The van der Waals surface area contributed by atoms with Gasteiger partial charge >= 0.3 is 0 Å². The maximum Gasteiger partial charge on any atom is 0.216 e. The Labute approximate surface area is 137 Å². The van der Waals surface area contributed by atoms with Crippen molar-refractivity contribution in [3.8, 4) is 0 Å². The van der Waals surface area contributed by atoms with Crippen LogP contribution < -0.4 is 15.1 Å². The number of piperidine rings is 1. The highest BCUT2D eigenvalue weighted by Gasteiger charge is 2.22. The lowest BCUT2D eigenvalue weighted by Crippen LogP contribution is -2.41. The first-order valence-electron chi connectivity index (χ1n) is 8.36. The quantitative estimate of drug-likeness (QED) is 0.879. The van der Waals surface area contributed by atoms with Crippen molar-refractivity contribution in [1.82, 2.24) is 15.3 Å². The molecule has 7 heteroatoms. The van der Waals surface area contributed by atoms with Gasteiger partial charge < -0.3 is 19.9 Å². The number of carbonyl (C=O) groups excluding carboxylic acids is 1. The van der Waals surface area contributed by atoms with Gasteiger partial charge in [0, 0.05) is 45.7 Å². The molecule has 2 fully saturated rings. The number of hydrogen-bond acceptors (Lipinski definition) is 6. The summed E-state index contributed by atoms with van der Waals surface area (Å²) in [6.07, 6.45) is 3.93. The third kappa shape index (κ3) is 4.31. The molecular weight excluding hydrogens is 294 g/mol. The summed E-state index contributed by atoms with van der Waals surface area (Å²) in [6, 6.07) is 2.08. The summed E-state index contributed by atoms with van der Waals surface area (Å²) in [7, 11) is 0. The van der Waals surface area contributed by atoms with Gasteiger partial charge in [0.2, 0.25) is 5.91 Å². The largest absolute Gasteiger partial charge is 0.378 e. The number of ether oxygens (including phenoxy) is 1. The molecule has 1 amide bonds. The van der Waals surface area contributed by atoms with Gasteiger partial charge in [-0.05, 0) is 18.8 Å². The van der Waals surface area contributed by atoms with E-state index < -0.39 is 0 Å². The van der Waals surface area contributed by atoms with Gasteiger partial charge in [0.25, 0.3) is 0 Å². The van der Waals surface area contributed by atoms with Gasteiger partial charge in [0.1, 0.15) is 18.0 Å². The van der Waals surface area contributed by atoms with Crippen molar-refractivity contribution in [2.75, 3.05) is 55.7 Å². The summed E-state index contributed by atoms with van der Waals surface area (Å²) in [4.78, 5) is 24.5. The van der Waals surface area contributed by atoms with Gasteiger partial charge in [-0.15, -0.1) is 0 Å². The van der Waals surface area contributed by atoms with Gasteiger partial charge in [-0.3, -0.25) is 4.79 Å². The van der Waals surface area contributed by atoms with E-state index in [2.05, 4.69) is 31.2 Å². The zero-order valence-corrected chi connectivity index (χ0v) is 13.7. The number of aromatic nitrogens is 2. The Morgan fingerprint density at radius 1 is 1.26 bits per heavy atom. The number of morpholine rings is 1. The number of amides is 1. The summed E-state index contributed by atoms with van der Waals surface area (Å²) in [5, 5.41) is 2.93. The average Bonchev–Trinajstić information content (AvgIpc) is 2.61. The Hall–Kier alpha value is -1.89. The molecule has 1 unspecified atom stereocenters. The van der Waals surface area contributed by atoms with Gasteiger partial charge in [-0.25, -0.2) is 9.97 Å². The molecule has 0 aromatic carbocycles. The Balaban J connectivity index is 1.64. The van der Waals surface area contributed by atoms with Crippen molar-refractivity contribution in [2.24, 2.45) is 5.92 Å². The Bertz CT molecular complexity index is 533. The standard InChI is InChI=1S/C16H25N5O2/c1-13(22)17-10-14-3-2-4-21(11-14)16-9-15(18-12-19-16)20-5-7-23-8-6-20/h9,12,14H,2-8,10-11H2,1H3,(H,17,22). The summed E-state index contributed by atoms with van der Waals surface area (Å²) in [5.74, 6) is 2.48. The van der Waals surface area contributed by atoms with Crippen LogP contribution in [-0.4, -0.2) is 61.8 Å². The first-order valence-corrected chi connectivity index (χ1v) is 8.36. The molecule has 0 spiro atoms. The summed E-state index contributed by atoms with van der Waals surface area (Å²) in [5.41, 5.74) is 0. The Morgan fingerprint density at radius 3 is 2.74 bits per heavy atom. The number of nitrogens with zero attached hydrogens (tertiary/aromatic N) is 4. The second kappa shape index (κ2) is 7.59. The summed E-state index contributed by atoms with van der Waals surface area (Å²) < 4.78 is 5.40. The highest BCUT2D eigenvalue weighted by atomic mass is 16.5. The molecular formula is C16H25N5O2. The van der Waals surface area contributed by atoms with Crippen LogP contribution in [-0.2, 0) is 9.53 Å². The van der Waals surface area contributed by atoms with Crippen LogP contribution in [0.4, 0.5) is 11.6 Å². The van der Waals surface area contributed by atoms with E-state index in [0.29, 0.717) is 5.92 Å². The zero-order chi connectivity index (χ0) is 16.1. The molecule has 2 aliphatic rings. The van der Waals surface area contributed by atoms with Crippen LogP contribution in [0.5, 0.6) is 0 Å². The van der Waals surface area contributed by atoms with Crippen molar-refractivity contribution < 1.29 is 9.53 Å². The van der Waals surface area contributed by atoms with Crippen LogP contribution in [0.15, 0.2) is 12.4 Å². The first-order chi connectivity index (χ1) is 11.2. The highest BCUT2D eigenvalue weighted by molar-refractivity contribution is 5.72. The Kier molecular flexibility index (Phi) is 5.27. The second-order valence-corrected chi connectivity index (χ2v) is 6.23. The van der Waals surface area contributed by atoms with Gasteiger partial charge in [0.15, 0.2) is 0 Å². The number of nitrogens with one attached hydrogen (secondary N) is 1. The van der Waals surface area contributed by atoms with E-state index in [1.165, 1.54) is 0 Å². The molecule has 1 N–H and O–H groups in total. The fourth-order valence-corrected chi connectivity index (χ4v) is 3.20. The monoisotopic (exact) mass is 319 g/mol. The van der Waals surface area contributed by atoms with E-state index >= 15 is 0 Å². The molecule has 1 atom stereocenters. The predicted octanol–water partition coefficient (Wildman–Crippen LogP) is 0.666. The van der Waals surface area contributed by atoms with Gasteiger partial charge in [-0.1, -0.05) is 0 Å². The topological polar surface area (TPSA) is 70.6 Å². The molecule has 0 aliphatic carbocycles. The minimum absolute atomic E-state index is 0.0405. The van der Waals surface area contributed by atoms with Crippen LogP contribution in [0.1, 0.15) is 19.8 Å². The third-order valence-corrected chi connectivity index (χ3v) is 4.46. The lowest BCUT2D eigenvalue weighted by atomic mass is 9.98. The van der Waals surface area contributed by atoms with Crippen molar-refractivity contribution in [3.63, 3.8) is 0 Å². The van der Waals surface area contributed by atoms with Crippen LogP contribution in [0.2, 0.25) is 0 Å². The SMILES string of the molecule is CC(=O)NCC1CCCN(c2cc(N3CCOCC3)ncn2)C1. The van der Waals surface area contributed by atoms with E-state index in [1.54, 1.807) is 13.3 Å². The van der Waals surface area contributed by atoms with Crippen LogP contribution >= 0.6 is 0 Å². The van der Waals surface area contributed by atoms with E-state index in [1.807, 2.05) is 0 Å². The van der Waals surface area contributed by atoms with Gasteiger partial charge in [0.05, 0.1) is 13.2 Å². The highest BCUT2D eigenvalue weighted by Crippen LogP contribution is 2.24. The molecule has 1 aromatic heterocycles. The minimum Gasteiger partial charge on any atom is -0.378 e. The molecule has 2 saturated heterocycles. The third-order valence-electron chi connectivity index (χ3n) is 4.46. The van der Waals surface area contributed by atoms with E-state index in [9.17, 15) is 4.79 Å². The number of rotatable bonds is 4. The molecule has 2 aliphatic heterocycles. The minimum atomic E-state index is 0.0405. The van der Waals surface area contributed by atoms with Crippen molar-refractivity contribution in [1.29, 1.82) is 0 Å². The van der Waals surface area contributed by atoms with Crippen molar-refractivity contribution in [2.45, 2.75) is 19.8 Å². The van der Waals surface area contributed by atoms with Crippen molar-refractivity contribution in [3.05, 3.63) is 12.4 Å². The van der Waals surface area contributed by atoms with E-state index in [4.69, 9.17) is 4.74 Å². The molecule has 3 rings (SSSR count). The lowest BCUT2D eigenvalue weighted by Gasteiger charge is -2.34. The summed E-state index contributed by atoms with van der Waals surface area (Å²) >= 11 is 0. The fraction of sp³-hybridized carbons (Fsp3) is 0.688. The molecule has 0 saturated carbocycles. The molecule has 23 heavy (non-hydrogen) atoms. The molecule has 3 heterocycles. The van der Waals surface area contributed by atoms with Crippen molar-refractivity contribution >= 4 is 17.5 Å².